The number of nitrogens with one attached hydrogen (secondary N) is 3. The van der Waals surface area contributed by atoms with Crippen molar-refractivity contribution >= 4 is 41.0 Å². The highest BCUT2D eigenvalue weighted by Crippen LogP contribution is 2.44. The van der Waals surface area contributed by atoms with Crippen molar-refractivity contribution in [2.45, 2.75) is 31.0 Å². The first-order valence-electron chi connectivity index (χ1n) is 8.34. The van der Waals surface area contributed by atoms with Gasteiger partial charge in [-0.05, 0) is 37.0 Å². The van der Waals surface area contributed by atoms with E-state index in [0.717, 1.165) is 37.2 Å². The van der Waals surface area contributed by atoms with E-state index >= 15 is 0 Å². The van der Waals surface area contributed by atoms with Crippen molar-refractivity contribution in [2.75, 3.05) is 5.32 Å². The van der Waals surface area contributed by atoms with Gasteiger partial charge in [-0.2, -0.15) is 13.2 Å². The monoisotopic (exact) mass is 447 g/mol. The third-order valence-electron chi connectivity index (χ3n) is 4.49. The van der Waals surface area contributed by atoms with Gasteiger partial charge in [0.2, 0.25) is 5.95 Å². The Labute approximate surface area is 173 Å². The van der Waals surface area contributed by atoms with Gasteiger partial charge in [-0.1, -0.05) is 29.3 Å². The molecule has 0 unspecified atom stereocenters. The van der Waals surface area contributed by atoms with Crippen LogP contribution >= 0.6 is 23.2 Å². The van der Waals surface area contributed by atoms with E-state index < -0.39 is 23.5 Å². The fraction of sp³-hybridized carbons (Fsp3) is 0.294. The predicted octanol–water partition coefficient (Wildman–Crippen LogP) is 3.60. The van der Waals surface area contributed by atoms with Gasteiger partial charge in [-0.3, -0.25) is 20.4 Å². The van der Waals surface area contributed by atoms with Gasteiger partial charge in [0, 0.05) is 12.4 Å². The van der Waals surface area contributed by atoms with E-state index in [0.29, 0.717) is 10.0 Å². The predicted molar refractivity (Wildman–Crippen MR) is 99.3 cm³/mol. The van der Waals surface area contributed by atoms with Gasteiger partial charge in [0.15, 0.2) is 0 Å². The van der Waals surface area contributed by atoms with Crippen molar-refractivity contribution in [3.8, 4) is 0 Å². The van der Waals surface area contributed by atoms with E-state index in [1.54, 1.807) is 17.6 Å². The van der Waals surface area contributed by atoms with Crippen LogP contribution in [-0.2, 0) is 10.3 Å². The molecule has 0 radical (unpaired) electrons. The Bertz CT molecular complexity index is 934. The van der Waals surface area contributed by atoms with Gasteiger partial charge in [0.25, 0.3) is 5.91 Å². The van der Waals surface area contributed by atoms with Crippen LogP contribution in [0.25, 0.3) is 0 Å². The number of hydrazine groups is 1. The normalized spacial score (nSPS) is 15.2. The summed E-state index contributed by atoms with van der Waals surface area (Å²) in [6, 6.07) is 5.32. The summed E-state index contributed by atoms with van der Waals surface area (Å²) in [5, 5.41) is 4.08. The van der Waals surface area contributed by atoms with Gasteiger partial charge < -0.3 is 5.32 Å². The standard InChI is InChI=1S/C17H14Cl2F3N5O2/c18-11-3-2-10(6-12(11)19)16(4-1-5-16)25-15-23-7-9(8-24-15)13(28)26-27-14(29)17(20,21)22/h2-3,6-8H,1,4-5H2,(H,26,28)(H,27,29)(H,23,24,25). The minimum atomic E-state index is -5.11. The molecule has 0 aliphatic heterocycles. The topological polar surface area (TPSA) is 96.0 Å². The minimum absolute atomic E-state index is 0.129. The number of aromatic nitrogens is 2. The number of nitrogens with zero attached hydrogens (tertiary/aromatic N) is 2. The average Bonchev–Trinajstić information content (AvgIpc) is 2.64. The van der Waals surface area contributed by atoms with E-state index in [9.17, 15) is 22.8 Å². The molecule has 1 aliphatic carbocycles. The molecule has 1 heterocycles. The van der Waals surface area contributed by atoms with Crippen LogP contribution in [0.4, 0.5) is 19.1 Å². The Hall–Kier alpha value is -2.59. The highest BCUT2D eigenvalue weighted by molar-refractivity contribution is 6.42. The fourth-order valence-corrected chi connectivity index (χ4v) is 3.09. The molecule has 2 amide bonds. The number of amides is 2. The quantitative estimate of drug-likeness (QED) is 0.622. The third-order valence-corrected chi connectivity index (χ3v) is 5.23. The van der Waals surface area contributed by atoms with Gasteiger partial charge >= 0.3 is 12.1 Å². The molecule has 7 nitrogen and oxygen atoms in total. The molecule has 1 aromatic heterocycles. The Morgan fingerprint density at radius 2 is 1.69 bits per heavy atom. The molecule has 0 saturated heterocycles. The summed E-state index contributed by atoms with van der Waals surface area (Å²) in [6.07, 6.45) is -0.261. The number of hydrogen-bond acceptors (Lipinski definition) is 5. The Balaban J connectivity index is 1.67. The molecule has 1 aliphatic rings. The Kier molecular flexibility index (Phi) is 5.85. The Morgan fingerprint density at radius 1 is 1.03 bits per heavy atom. The van der Waals surface area contributed by atoms with E-state index in [1.807, 2.05) is 6.07 Å². The van der Waals surface area contributed by atoms with Gasteiger partial charge in [0.05, 0.1) is 21.1 Å². The third kappa shape index (κ3) is 4.70. The summed E-state index contributed by atoms with van der Waals surface area (Å²) >= 11 is 12.1. The van der Waals surface area contributed by atoms with Crippen LogP contribution < -0.4 is 16.2 Å². The number of alkyl halides is 3. The summed E-state index contributed by atoms with van der Waals surface area (Å²) in [5.74, 6) is -3.05. The summed E-state index contributed by atoms with van der Waals surface area (Å²) in [7, 11) is 0. The fourth-order valence-electron chi connectivity index (χ4n) is 2.79. The molecule has 1 aromatic carbocycles. The van der Waals surface area contributed by atoms with Crippen molar-refractivity contribution in [2.24, 2.45) is 0 Å². The van der Waals surface area contributed by atoms with Crippen LogP contribution in [0.2, 0.25) is 10.0 Å². The number of halogens is 5. The number of rotatable bonds is 4. The zero-order valence-corrected chi connectivity index (χ0v) is 16.1. The first kappa shape index (κ1) is 21.1. The van der Waals surface area contributed by atoms with Crippen molar-refractivity contribution in [3.63, 3.8) is 0 Å². The summed E-state index contributed by atoms with van der Waals surface area (Å²) in [5.41, 5.74) is 3.27. The smallest absolute Gasteiger partial charge is 0.345 e. The van der Waals surface area contributed by atoms with E-state index in [-0.39, 0.29) is 11.5 Å². The van der Waals surface area contributed by atoms with Crippen molar-refractivity contribution in [3.05, 3.63) is 51.8 Å². The van der Waals surface area contributed by atoms with Gasteiger partial charge in [0.1, 0.15) is 0 Å². The van der Waals surface area contributed by atoms with E-state index in [2.05, 4.69) is 15.3 Å². The molecule has 0 bridgehead atoms. The van der Waals surface area contributed by atoms with Crippen LogP contribution in [0.5, 0.6) is 0 Å². The minimum Gasteiger partial charge on any atom is -0.345 e. The molecule has 154 valence electrons. The van der Waals surface area contributed by atoms with Crippen molar-refractivity contribution in [1.29, 1.82) is 0 Å². The van der Waals surface area contributed by atoms with Crippen molar-refractivity contribution in [1.82, 2.24) is 20.8 Å². The lowest BCUT2D eigenvalue weighted by molar-refractivity contribution is -0.174. The molecule has 0 spiro atoms. The SMILES string of the molecule is O=C(NNC(=O)C(F)(F)F)c1cnc(NC2(c3ccc(Cl)c(Cl)c3)CCC2)nc1. The molecule has 12 heteroatoms. The molecule has 2 aromatic rings. The zero-order valence-electron chi connectivity index (χ0n) is 14.6. The maximum absolute atomic E-state index is 12.1. The van der Waals surface area contributed by atoms with Gasteiger partial charge in [-0.15, -0.1) is 0 Å². The summed E-state index contributed by atoms with van der Waals surface area (Å²) in [4.78, 5) is 30.6. The average molecular weight is 448 g/mol. The number of benzene rings is 1. The van der Waals surface area contributed by atoms with Crippen LogP contribution in [0.15, 0.2) is 30.6 Å². The molecule has 1 fully saturated rings. The lowest BCUT2D eigenvalue weighted by Crippen LogP contribution is -2.47. The molecule has 1 saturated carbocycles. The zero-order chi connectivity index (χ0) is 21.2. The lowest BCUT2D eigenvalue weighted by Gasteiger charge is -2.43. The number of carbonyl (C=O) groups is 2. The van der Waals surface area contributed by atoms with Crippen LogP contribution in [0.3, 0.4) is 0 Å². The first-order valence-corrected chi connectivity index (χ1v) is 9.10. The second-order valence-electron chi connectivity index (χ2n) is 6.39. The molecular weight excluding hydrogens is 434 g/mol. The largest absolute Gasteiger partial charge is 0.472 e. The molecule has 0 atom stereocenters. The molecule has 3 N–H and O–H groups in total. The highest BCUT2D eigenvalue weighted by atomic mass is 35.5. The first-order chi connectivity index (χ1) is 13.6. The lowest BCUT2D eigenvalue weighted by atomic mass is 9.72. The van der Waals surface area contributed by atoms with Crippen LogP contribution in [0.1, 0.15) is 35.2 Å². The molecule has 29 heavy (non-hydrogen) atoms. The van der Waals surface area contributed by atoms with E-state index in [4.69, 9.17) is 23.2 Å². The van der Waals surface area contributed by atoms with Crippen molar-refractivity contribution < 1.29 is 22.8 Å². The number of hydrogen-bond donors (Lipinski definition) is 3. The highest BCUT2D eigenvalue weighted by Gasteiger charge is 2.40. The maximum atomic E-state index is 12.1. The number of carbonyl (C=O) groups excluding carboxylic acids is 2. The summed E-state index contributed by atoms with van der Waals surface area (Å²) < 4.78 is 36.4. The maximum Gasteiger partial charge on any atom is 0.472 e. The number of anilines is 1. The van der Waals surface area contributed by atoms with Crippen LogP contribution in [0, 0.1) is 0 Å². The second-order valence-corrected chi connectivity index (χ2v) is 7.21. The van der Waals surface area contributed by atoms with Gasteiger partial charge in [-0.25, -0.2) is 9.97 Å². The molecule has 3 rings (SSSR count). The van der Waals surface area contributed by atoms with Crippen LogP contribution in [-0.4, -0.2) is 28.0 Å². The second kappa shape index (κ2) is 8.03. The molecular formula is C17H14Cl2F3N5O2. The summed E-state index contributed by atoms with van der Waals surface area (Å²) in [6.45, 7) is 0. The van der Waals surface area contributed by atoms with E-state index in [1.165, 1.54) is 5.43 Å². The Morgan fingerprint density at radius 3 is 2.21 bits per heavy atom.